The largest absolute Gasteiger partial charge is 0.387 e. The third-order valence-corrected chi connectivity index (χ3v) is 4.25. The number of rotatable bonds is 5. The van der Waals surface area contributed by atoms with E-state index in [1.807, 2.05) is 6.92 Å². The lowest BCUT2D eigenvalue weighted by Gasteiger charge is -2.34. The number of aliphatic hydroxyl groups excluding tert-OH is 1. The highest BCUT2D eigenvalue weighted by atomic mass is 19.2. The van der Waals surface area contributed by atoms with Crippen LogP contribution in [0.3, 0.4) is 0 Å². The molecule has 112 valence electrons. The van der Waals surface area contributed by atoms with Crippen LogP contribution in [-0.2, 0) is 0 Å². The number of hydrogen-bond donors (Lipinski definition) is 1. The lowest BCUT2D eigenvalue weighted by Crippen LogP contribution is -2.39. The summed E-state index contributed by atoms with van der Waals surface area (Å²) in [6.45, 7) is 3.23. The number of hydrogen-bond acceptors (Lipinski definition) is 2. The first-order valence-electron chi connectivity index (χ1n) is 7.49. The van der Waals surface area contributed by atoms with Crippen molar-refractivity contribution in [3.63, 3.8) is 0 Å². The summed E-state index contributed by atoms with van der Waals surface area (Å²) in [7, 11) is 0. The van der Waals surface area contributed by atoms with Crippen LogP contribution in [0.25, 0.3) is 0 Å². The maximum atomic E-state index is 13.7. The van der Waals surface area contributed by atoms with E-state index >= 15 is 0 Å². The third-order valence-electron chi connectivity index (χ3n) is 4.25. The van der Waals surface area contributed by atoms with Gasteiger partial charge in [-0.15, -0.1) is 0 Å². The molecule has 20 heavy (non-hydrogen) atoms. The molecule has 0 bridgehead atoms. The van der Waals surface area contributed by atoms with Crippen molar-refractivity contribution in [2.24, 2.45) is 0 Å². The summed E-state index contributed by atoms with van der Waals surface area (Å²) in [6, 6.07) is 4.43. The van der Waals surface area contributed by atoms with E-state index in [1.165, 1.54) is 31.4 Å². The minimum atomic E-state index is -0.979. The van der Waals surface area contributed by atoms with Gasteiger partial charge in [0, 0.05) is 18.2 Å². The minimum Gasteiger partial charge on any atom is -0.387 e. The maximum Gasteiger partial charge on any atom is 0.164 e. The Bertz CT molecular complexity index is 432. The second-order valence-electron chi connectivity index (χ2n) is 5.54. The Morgan fingerprint density at radius 3 is 2.60 bits per heavy atom. The van der Waals surface area contributed by atoms with Gasteiger partial charge in [-0.3, -0.25) is 4.90 Å². The van der Waals surface area contributed by atoms with E-state index in [0.717, 1.165) is 25.5 Å². The molecule has 1 fully saturated rings. The highest BCUT2D eigenvalue weighted by Crippen LogP contribution is 2.26. The average Bonchev–Trinajstić information content (AvgIpc) is 2.48. The number of nitrogens with zero attached hydrogens (tertiary/aromatic N) is 1. The molecule has 4 heteroatoms. The standard InChI is InChI=1S/C16H23F2NO/c1-2-19(12-7-4-3-5-8-12)11-15(20)13-9-6-10-14(17)16(13)18/h6,9-10,12,15,20H,2-5,7-8,11H2,1H3. The molecule has 0 saturated heterocycles. The summed E-state index contributed by atoms with van der Waals surface area (Å²) in [4.78, 5) is 2.19. The Hall–Kier alpha value is -1.00. The molecule has 0 aliphatic heterocycles. The van der Waals surface area contributed by atoms with Crippen LogP contribution < -0.4 is 0 Å². The van der Waals surface area contributed by atoms with Crippen LogP contribution in [0.2, 0.25) is 0 Å². The summed E-state index contributed by atoms with van der Waals surface area (Å²) >= 11 is 0. The van der Waals surface area contributed by atoms with E-state index in [4.69, 9.17) is 0 Å². The van der Waals surface area contributed by atoms with E-state index in [9.17, 15) is 13.9 Å². The van der Waals surface area contributed by atoms with Crippen molar-refractivity contribution in [1.29, 1.82) is 0 Å². The zero-order chi connectivity index (χ0) is 14.5. The highest BCUT2D eigenvalue weighted by molar-refractivity contribution is 5.21. The van der Waals surface area contributed by atoms with Crippen molar-refractivity contribution in [3.05, 3.63) is 35.4 Å². The molecule has 1 aromatic rings. The van der Waals surface area contributed by atoms with Gasteiger partial charge in [0.25, 0.3) is 0 Å². The van der Waals surface area contributed by atoms with Gasteiger partial charge in [0.05, 0.1) is 6.10 Å². The molecule has 0 heterocycles. The number of halogens is 2. The zero-order valence-electron chi connectivity index (χ0n) is 12.0. The van der Waals surface area contributed by atoms with Crippen molar-refractivity contribution in [2.75, 3.05) is 13.1 Å². The Balaban J connectivity index is 2.04. The quantitative estimate of drug-likeness (QED) is 0.891. The Kier molecular flexibility index (Phi) is 5.49. The predicted octanol–water partition coefficient (Wildman–Crippen LogP) is 3.65. The molecule has 0 spiro atoms. The van der Waals surface area contributed by atoms with Gasteiger partial charge in [0.2, 0.25) is 0 Å². The van der Waals surface area contributed by atoms with Gasteiger partial charge in [-0.25, -0.2) is 8.78 Å². The first-order valence-corrected chi connectivity index (χ1v) is 7.49. The van der Waals surface area contributed by atoms with Gasteiger partial charge in [-0.2, -0.15) is 0 Å². The fraction of sp³-hybridized carbons (Fsp3) is 0.625. The van der Waals surface area contributed by atoms with Gasteiger partial charge in [0.15, 0.2) is 11.6 Å². The molecule has 0 aromatic heterocycles. The van der Waals surface area contributed by atoms with Crippen molar-refractivity contribution >= 4 is 0 Å². The van der Waals surface area contributed by atoms with Crippen LogP contribution in [0.5, 0.6) is 0 Å². The molecule has 1 aromatic carbocycles. The monoisotopic (exact) mass is 283 g/mol. The Morgan fingerprint density at radius 1 is 1.25 bits per heavy atom. The van der Waals surface area contributed by atoms with Gasteiger partial charge < -0.3 is 5.11 Å². The molecule has 2 rings (SSSR count). The first kappa shape index (κ1) is 15.4. The third kappa shape index (κ3) is 3.55. The van der Waals surface area contributed by atoms with Crippen LogP contribution >= 0.6 is 0 Å². The Labute approximate surface area is 119 Å². The molecule has 0 radical (unpaired) electrons. The van der Waals surface area contributed by atoms with Gasteiger partial charge in [0.1, 0.15) is 0 Å². The fourth-order valence-corrected chi connectivity index (χ4v) is 3.08. The average molecular weight is 283 g/mol. The molecule has 1 unspecified atom stereocenters. The van der Waals surface area contributed by atoms with Gasteiger partial charge >= 0.3 is 0 Å². The van der Waals surface area contributed by atoms with E-state index in [2.05, 4.69) is 4.90 Å². The minimum absolute atomic E-state index is 0.0549. The number of aliphatic hydroxyl groups is 1. The second-order valence-corrected chi connectivity index (χ2v) is 5.54. The molecule has 1 aliphatic carbocycles. The topological polar surface area (TPSA) is 23.5 Å². The lowest BCUT2D eigenvalue weighted by molar-refractivity contribution is 0.0742. The van der Waals surface area contributed by atoms with Gasteiger partial charge in [-0.1, -0.05) is 38.3 Å². The highest BCUT2D eigenvalue weighted by Gasteiger charge is 2.24. The molecule has 0 amide bonds. The smallest absolute Gasteiger partial charge is 0.164 e. The van der Waals surface area contributed by atoms with E-state index in [-0.39, 0.29) is 5.56 Å². The van der Waals surface area contributed by atoms with Crippen LogP contribution in [0.4, 0.5) is 8.78 Å². The predicted molar refractivity (Wildman–Crippen MR) is 75.4 cm³/mol. The normalized spacial score (nSPS) is 18.4. The summed E-state index contributed by atoms with van der Waals surface area (Å²) in [5, 5.41) is 10.2. The SMILES string of the molecule is CCN(CC(O)c1cccc(F)c1F)C1CCCCC1. The van der Waals surface area contributed by atoms with Gasteiger partial charge in [-0.05, 0) is 25.5 Å². The molecular weight excluding hydrogens is 260 g/mol. The number of benzene rings is 1. The molecule has 1 N–H and O–H groups in total. The van der Waals surface area contributed by atoms with E-state index in [0.29, 0.717) is 12.6 Å². The second kappa shape index (κ2) is 7.14. The molecule has 2 nitrogen and oxygen atoms in total. The number of likely N-dealkylation sites (N-methyl/N-ethyl adjacent to an activating group) is 1. The van der Waals surface area contributed by atoms with Crippen LogP contribution in [0, 0.1) is 11.6 Å². The van der Waals surface area contributed by atoms with Crippen LogP contribution in [-0.4, -0.2) is 29.1 Å². The first-order chi connectivity index (χ1) is 9.63. The Morgan fingerprint density at radius 2 is 1.95 bits per heavy atom. The van der Waals surface area contributed by atoms with E-state index in [1.54, 1.807) is 0 Å². The molecular formula is C16H23F2NO. The van der Waals surface area contributed by atoms with Crippen molar-refractivity contribution in [3.8, 4) is 0 Å². The zero-order valence-corrected chi connectivity index (χ0v) is 12.0. The lowest BCUT2D eigenvalue weighted by atomic mass is 9.93. The molecule has 1 atom stereocenters. The molecule has 1 saturated carbocycles. The van der Waals surface area contributed by atoms with Crippen molar-refractivity contribution in [1.82, 2.24) is 4.90 Å². The summed E-state index contributed by atoms with van der Waals surface area (Å²) in [5.41, 5.74) is 0.0549. The van der Waals surface area contributed by atoms with Crippen molar-refractivity contribution < 1.29 is 13.9 Å². The van der Waals surface area contributed by atoms with Crippen molar-refractivity contribution in [2.45, 2.75) is 51.2 Å². The fourth-order valence-electron chi connectivity index (χ4n) is 3.08. The molecule has 1 aliphatic rings. The summed E-state index contributed by atoms with van der Waals surface area (Å²) < 4.78 is 26.9. The van der Waals surface area contributed by atoms with Crippen LogP contribution in [0.1, 0.15) is 50.7 Å². The van der Waals surface area contributed by atoms with E-state index < -0.39 is 17.7 Å². The van der Waals surface area contributed by atoms with Crippen LogP contribution in [0.15, 0.2) is 18.2 Å². The maximum absolute atomic E-state index is 13.7. The summed E-state index contributed by atoms with van der Waals surface area (Å²) in [6.07, 6.45) is 4.98. The summed E-state index contributed by atoms with van der Waals surface area (Å²) in [5.74, 6) is -1.83.